The number of hydrogen-bond donors (Lipinski definition) is 0. The first-order valence-corrected chi connectivity index (χ1v) is 5.80. The number of nitrogens with zero attached hydrogens (tertiary/aromatic N) is 3. The van der Waals surface area contributed by atoms with Crippen LogP contribution >= 0.6 is 0 Å². The molecule has 0 aromatic carbocycles. The summed E-state index contributed by atoms with van der Waals surface area (Å²) in [6.07, 6.45) is 4.00. The van der Waals surface area contributed by atoms with Gasteiger partial charge in [0.1, 0.15) is 11.6 Å². The minimum Gasteiger partial charge on any atom is -0.294 e. The molecule has 0 unspecified atom stereocenters. The lowest BCUT2D eigenvalue weighted by molar-refractivity contribution is -0.119. The molecule has 2 heterocycles. The third kappa shape index (κ3) is 1.79. The second-order valence-electron chi connectivity index (χ2n) is 4.35. The van der Waals surface area contributed by atoms with Gasteiger partial charge in [-0.15, -0.1) is 0 Å². The molecule has 16 heavy (non-hydrogen) atoms. The first-order valence-electron chi connectivity index (χ1n) is 5.80. The van der Waals surface area contributed by atoms with Crippen molar-refractivity contribution in [2.75, 3.05) is 4.90 Å². The maximum absolute atomic E-state index is 11.9. The van der Waals surface area contributed by atoms with Gasteiger partial charge in [0.05, 0.1) is 0 Å². The highest BCUT2D eigenvalue weighted by molar-refractivity contribution is 5.95. The Bertz CT molecular complexity index is 415. The van der Waals surface area contributed by atoms with Gasteiger partial charge < -0.3 is 0 Å². The molecule has 0 fully saturated rings. The number of carbonyl (C=O) groups excluding carboxylic acids is 1. The average molecular weight is 219 g/mol. The van der Waals surface area contributed by atoms with Gasteiger partial charge in [-0.05, 0) is 20.3 Å². The van der Waals surface area contributed by atoms with E-state index in [0.29, 0.717) is 6.42 Å². The molecule has 4 nitrogen and oxygen atoms in total. The van der Waals surface area contributed by atoms with Crippen molar-refractivity contribution in [1.82, 2.24) is 9.97 Å². The van der Waals surface area contributed by atoms with E-state index in [2.05, 4.69) is 9.97 Å². The van der Waals surface area contributed by atoms with Crippen molar-refractivity contribution in [3.8, 4) is 0 Å². The summed E-state index contributed by atoms with van der Waals surface area (Å²) in [5.41, 5.74) is 1.09. The first kappa shape index (κ1) is 11.0. The Morgan fingerprint density at radius 3 is 2.81 bits per heavy atom. The van der Waals surface area contributed by atoms with Crippen molar-refractivity contribution in [2.45, 2.75) is 46.1 Å². The number of aryl methyl sites for hydroxylation is 2. The highest BCUT2D eigenvalue weighted by Crippen LogP contribution is 2.26. The maximum atomic E-state index is 11.9. The van der Waals surface area contributed by atoms with E-state index in [9.17, 15) is 4.79 Å². The summed E-state index contributed by atoms with van der Waals surface area (Å²) in [4.78, 5) is 22.4. The molecule has 1 aliphatic rings. The van der Waals surface area contributed by atoms with Gasteiger partial charge in [-0.2, -0.15) is 0 Å². The van der Waals surface area contributed by atoms with Crippen LogP contribution in [0.25, 0.3) is 0 Å². The Hall–Kier alpha value is -1.45. The van der Waals surface area contributed by atoms with Crippen LogP contribution in [-0.2, 0) is 17.6 Å². The Balaban J connectivity index is 2.48. The van der Waals surface area contributed by atoms with Gasteiger partial charge in [-0.1, -0.05) is 6.92 Å². The number of carbonyl (C=O) groups is 1. The Kier molecular flexibility index (Phi) is 2.90. The smallest absolute Gasteiger partial charge is 0.228 e. The highest BCUT2D eigenvalue weighted by atomic mass is 16.2. The molecule has 86 valence electrons. The summed E-state index contributed by atoms with van der Waals surface area (Å²) in [5, 5.41) is 0. The van der Waals surface area contributed by atoms with E-state index in [0.717, 1.165) is 30.0 Å². The third-order valence-electron chi connectivity index (χ3n) is 2.83. The van der Waals surface area contributed by atoms with Crippen LogP contribution in [0.4, 0.5) is 5.82 Å². The van der Waals surface area contributed by atoms with E-state index in [1.165, 1.54) is 0 Å². The molecule has 0 saturated carbocycles. The molecule has 2 rings (SSSR count). The summed E-state index contributed by atoms with van der Waals surface area (Å²) in [7, 11) is 0. The Morgan fingerprint density at radius 1 is 1.44 bits per heavy atom. The lowest BCUT2D eigenvalue weighted by Crippen LogP contribution is -2.41. The third-order valence-corrected chi connectivity index (χ3v) is 2.83. The van der Waals surface area contributed by atoms with E-state index in [4.69, 9.17) is 0 Å². The van der Waals surface area contributed by atoms with Crippen LogP contribution in [0.1, 0.15) is 38.6 Å². The maximum Gasteiger partial charge on any atom is 0.228 e. The zero-order valence-corrected chi connectivity index (χ0v) is 10.0. The minimum atomic E-state index is 0.158. The van der Waals surface area contributed by atoms with E-state index in [1.54, 1.807) is 4.90 Å². The van der Waals surface area contributed by atoms with Crippen molar-refractivity contribution in [2.24, 2.45) is 0 Å². The topological polar surface area (TPSA) is 46.1 Å². The van der Waals surface area contributed by atoms with Gasteiger partial charge >= 0.3 is 0 Å². The number of rotatable bonds is 2. The molecule has 0 N–H and O–H groups in total. The number of fused-ring (bicyclic) bond motifs is 1. The second-order valence-corrected chi connectivity index (χ2v) is 4.35. The second kappa shape index (κ2) is 4.20. The fourth-order valence-corrected chi connectivity index (χ4v) is 2.00. The molecule has 0 atom stereocenters. The molecular formula is C12H17N3O. The quantitative estimate of drug-likeness (QED) is 0.761. The first-order chi connectivity index (χ1) is 7.63. The summed E-state index contributed by atoms with van der Waals surface area (Å²) in [5.74, 6) is 1.79. The molecule has 1 amide bonds. The predicted molar refractivity (Wildman–Crippen MR) is 62.4 cm³/mol. The molecule has 4 heteroatoms. The van der Waals surface area contributed by atoms with Crippen molar-refractivity contribution in [3.63, 3.8) is 0 Å². The summed E-state index contributed by atoms with van der Waals surface area (Å²) < 4.78 is 0. The van der Waals surface area contributed by atoms with E-state index in [1.807, 2.05) is 27.0 Å². The number of amides is 1. The van der Waals surface area contributed by atoms with Crippen LogP contribution in [0.5, 0.6) is 0 Å². The molecule has 1 aromatic rings. The van der Waals surface area contributed by atoms with Crippen molar-refractivity contribution >= 4 is 11.7 Å². The molecule has 0 spiro atoms. The average Bonchev–Trinajstić information content (AvgIpc) is 2.27. The van der Waals surface area contributed by atoms with Crippen LogP contribution < -0.4 is 4.90 Å². The summed E-state index contributed by atoms with van der Waals surface area (Å²) in [6.45, 7) is 6.05. The summed E-state index contributed by atoms with van der Waals surface area (Å²) >= 11 is 0. The van der Waals surface area contributed by atoms with Gasteiger partial charge in [-0.25, -0.2) is 9.97 Å². The molecule has 0 radical (unpaired) electrons. The standard InChI is InChI=1S/C12H17N3O/c1-4-10-13-7-9-5-6-11(16)15(8(2)3)12(9)14-10/h7-8H,4-6H2,1-3H3. The number of anilines is 1. The van der Waals surface area contributed by atoms with E-state index in [-0.39, 0.29) is 11.9 Å². The molecule has 1 aliphatic heterocycles. The Labute approximate surface area is 95.7 Å². The van der Waals surface area contributed by atoms with Gasteiger partial charge in [0.25, 0.3) is 0 Å². The van der Waals surface area contributed by atoms with E-state index < -0.39 is 0 Å². The number of hydrogen-bond acceptors (Lipinski definition) is 3. The molecule has 0 bridgehead atoms. The predicted octanol–water partition coefficient (Wildman–Crippen LogP) is 1.73. The monoisotopic (exact) mass is 219 g/mol. The zero-order chi connectivity index (χ0) is 11.7. The lowest BCUT2D eigenvalue weighted by Gasteiger charge is -2.31. The van der Waals surface area contributed by atoms with Crippen molar-refractivity contribution in [3.05, 3.63) is 17.6 Å². The van der Waals surface area contributed by atoms with Gasteiger partial charge in [-0.3, -0.25) is 9.69 Å². The Morgan fingerprint density at radius 2 is 2.19 bits per heavy atom. The van der Waals surface area contributed by atoms with Crippen LogP contribution in [0, 0.1) is 0 Å². The largest absolute Gasteiger partial charge is 0.294 e. The highest BCUT2D eigenvalue weighted by Gasteiger charge is 2.27. The zero-order valence-electron chi connectivity index (χ0n) is 10.0. The molecule has 1 aromatic heterocycles. The normalized spacial score (nSPS) is 15.5. The number of aromatic nitrogens is 2. The summed E-state index contributed by atoms with van der Waals surface area (Å²) in [6, 6.07) is 0.158. The van der Waals surface area contributed by atoms with Crippen LogP contribution in [0.3, 0.4) is 0 Å². The van der Waals surface area contributed by atoms with Gasteiger partial charge in [0.2, 0.25) is 5.91 Å². The van der Waals surface area contributed by atoms with Crippen molar-refractivity contribution < 1.29 is 4.79 Å². The van der Waals surface area contributed by atoms with Crippen molar-refractivity contribution in [1.29, 1.82) is 0 Å². The SMILES string of the molecule is CCc1ncc2c(n1)N(C(C)C)C(=O)CC2. The molecular weight excluding hydrogens is 202 g/mol. The minimum absolute atomic E-state index is 0.158. The fourth-order valence-electron chi connectivity index (χ4n) is 2.00. The van der Waals surface area contributed by atoms with Crippen LogP contribution in [0.15, 0.2) is 6.20 Å². The van der Waals surface area contributed by atoms with E-state index >= 15 is 0 Å². The van der Waals surface area contributed by atoms with Crippen LogP contribution in [0.2, 0.25) is 0 Å². The van der Waals surface area contributed by atoms with Gasteiger partial charge in [0.15, 0.2) is 0 Å². The fraction of sp³-hybridized carbons (Fsp3) is 0.583. The molecule has 0 saturated heterocycles. The van der Waals surface area contributed by atoms with Gasteiger partial charge in [0, 0.05) is 30.6 Å². The molecule has 0 aliphatic carbocycles. The lowest BCUT2D eigenvalue weighted by atomic mass is 10.1. The van der Waals surface area contributed by atoms with Crippen LogP contribution in [-0.4, -0.2) is 21.9 Å².